The molecule has 0 fully saturated rings. The fraction of sp³-hybridized carbons (Fsp3) is 0.333. The highest BCUT2D eigenvalue weighted by Crippen LogP contribution is 2.27. The first-order valence-corrected chi connectivity index (χ1v) is 10.2. The number of esters is 1. The number of nitrogens with zero attached hydrogens (tertiary/aromatic N) is 3. The Labute approximate surface area is 158 Å². The van der Waals surface area contributed by atoms with Gasteiger partial charge in [0.2, 0.25) is 4.96 Å². The van der Waals surface area contributed by atoms with Gasteiger partial charge in [0.25, 0.3) is 5.56 Å². The zero-order valence-corrected chi connectivity index (χ0v) is 15.9. The number of carbonyl (C=O) groups excluding carboxylic acids is 1. The summed E-state index contributed by atoms with van der Waals surface area (Å²) in [5, 5.41) is 4.71. The van der Waals surface area contributed by atoms with Crippen molar-refractivity contribution in [1.82, 2.24) is 14.6 Å². The molecule has 6 nitrogen and oxygen atoms in total. The second kappa shape index (κ2) is 7.20. The summed E-state index contributed by atoms with van der Waals surface area (Å²) in [5.74, 6) is -0.0488. The molecule has 2 heterocycles. The summed E-state index contributed by atoms with van der Waals surface area (Å²) in [5.41, 5.74) is 3.24. The molecule has 0 saturated carbocycles. The average Bonchev–Trinajstić information content (AvgIpc) is 3.24. The predicted octanol–water partition coefficient (Wildman–Crippen LogP) is 2.78. The lowest BCUT2D eigenvalue weighted by Crippen LogP contribution is -2.14. The van der Waals surface area contributed by atoms with Gasteiger partial charge in [-0.2, -0.15) is 9.61 Å². The molecule has 4 rings (SSSR count). The molecule has 1 aliphatic rings. The number of aromatic nitrogens is 3. The Morgan fingerprint density at radius 3 is 3.04 bits per heavy atom. The van der Waals surface area contributed by atoms with Crippen molar-refractivity contribution in [2.75, 3.05) is 5.75 Å². The highest BCUT2D eigenvalue weighted by atomic mass is 32.2. The van der Waals surface area contributed by atoms with Crippen molar-refractivity contribution in [1.29, 1.82) is 0 Å². The van der Waals surface area contributed by atoms with Crippen LogP contribution >= 0.6 is 23.1 Å². The molecule has 3 aromatic rings. The van der Waals surface area contributed by atoms with Gasteiger partial charge in [0.15, 0.2) is 5.01 Å². The summed E-state index contributed by atoms with van der Waals surface area (Å²) in [7, 11) is 0. The minimum atomic E-state index is -0.300. The molecule has 0 spiro atoms. The fourth-order valence-corrected chi connectivity index (χ4v) is 4.60. The van der Waals surface area contributed by atoms with Crippen LogP contribution in [0.5, 0.6) is 0 Å². The van der Waals surface area contributed by atoms with Gasteiger partial charge in [0, 0.05) is 16.7 Å². The van der Waals surface area contributed by atoms with Crippen LogP contribution < -0.4 is 5.56 Å². The van der Waals surface area contributed by atoms with E-state index in [0.29, 0.717) is 15.7 Å². The van der Waals surface area contributed by atoms with Crippen LogP contribution in [0.2, 0.25) is 0 Å². The normalized spacial score (nSPS) is 13.1. The van der Waals surface area contributed by atoms with Gasteiger partial charge >= 0.3 is 5.97 Å². The predicted molar refractivity (Wildman–Crippen MR) is 101 cm³/mol. The standard InChI is InChI=1S/C18H17N3O3S2/c1-11-7-16(22)21-18(19-11)26-15(20-21)9-24-17(23)10-25-14-6-5-12-3-2-4-13(12)8-14/h5-8H,2-4,9-10H2,1H3. The molecule has 1 aliphatic carbocycles. The average molecular weight is 387 g/mol. The number of benzene rings is 1. The molecule has 26 heavy (non-hydrogen) atoms. The molecule has 0 aliphatic heterocycles. The van der Waals surface area contributed by atoms with E-state index in [-0.39, 0.29) is 23.9 Å². The third-order valence-corrected chi connectivity index (χ3v) is 6.05. The Bertz CT molecular complexity index is 1040. The molecule has 134 valence electrons. The van der Waals surface area contributed by atoms with Gasteiger partial charge in [0.1, 0.15) is 6.61 Å². The Hall–Kier alpha value is -2.19. The summed E-state index contributed by atoms with van der Waals surface area (Å²) >= 11 is 2.73. The van der Waals surface area contributed by atoms with E-state index >= 15 is 0 Å². The Morgan fingerprint density at radius 2 is 2.15 bits per heavy atom. The molecule has 0 unspecified atom stereocenters. The van der Waals surface area contributed by atoms with Gasteiger partial charge in [-0.25, -0.2) is 4.98 Å². The number of hydrogen-bond donors (Lipinski definition) is 0. The van der Waals surface area contributed by atoms with Crippen LogP contribution in [0, 0.1) is 6.92 Å². The second-order valence-corrected chi connectivity index (χ2v) is 8.25. The van der Waals surface area contributed by atoms with E-state index in [1.54, 1.807) is 6.92 Å². The topological polar surface area (TPSA) is 73.6 Å². The van der Waals surface area contributed by atoms with Gasteiger partial charge in [0.05, 0.1) is 5.75 Å². The van der Waals surface area contributed by atoms with E-state index in [0.717, 1.165) is 17.7 Å². The number of hydrogen-bond acceptors (Lipinski definition) is 7. The summed E-state index contributed by atoms with van der Waals surface area (Å²) in [6.45, 7) is 1.81. The molecule has 0 atom stereocenters. The first kappa shape index (κ1) is 17.2. The second-order valence-electron chi connectivity index (χ2n) is 6.16. The van der Waals surface area contributed by atoms with E-state index in [4.69, 9.17) is 4.74 Å². The van der Waals surface area contributed by atoms with E-state index in [1.165, 1.54) is 51.2 Å². The van der Waals surface area contributed by atoms with Crippen LogP contribution in [0.3, 0.4) is 0 Å². The maximum atomic E-state index is 12.0. The lowest BCUT2D eigenvalue weighted by Gasteiger charge is -2.05. The van der Waals surface area contributed by atoms with E-state index in [1.807, 2.05) is 0 Å². The van der Waals surface area contributed by atoms with Crippen LogP contribution in [0.1, 0.15) is 28.2 Å². The van der Waals surface area contributed by atoms with Crippen molar-refractivity contribution in [2.45, 2.75) is 37.7 Å². The summed E-state index contributed by atoms with van der Waals surface area (Å²) < 4.78 is 6.52. The van der Waals surface area contributed by atoms with Crippen molar-refractivity contribution < 1.29 is 9.53 Å². The van der Waals surface area contributed by atoms with Gasteiger partial charge < -0.3 is 4.74 Å². The van der Waals surface area contributed by atoms with Crippen molar-refractivity contribution >= 4 is 34.0 Å². The lowest BCUT2D eigenvalue weighted by atomic mass is 10.1. The molecular weight excluding hydrogens is 370 g/mol. The quantitative estimate of drug-likeness (QED) is 0.495. The Morgan fingerprint density at radius 1 is 1.31 bits per heavy atom. The zero-order valence-electron chi connectivity index (χ0n) is 14.2. The SMILES string of the molecule is Cc1cc(=O)n2nc(COC(=O)CSc3ccc4c(c3)CCC4)sc2n1. The molecular formula is C18H17N3O3S2. The third-order valence-electron chi connectivity index (χ3n) is 4.20. The number of fused-ring (bicyclic) bond motifs is 2. The molecule has 2 aromatic heterocycles. The Balaban J connectivity index is 1.34. The molecule has 1 aromatic carbocycles. The van der Waals surface area contributed by atoms with Gasteiger partial charge in [-0.05, 0) is 49.4 Å². The van der Waals surface area contributed by atoms with Crippen LogP contribution in [-0.2, 0) is 29.0 Å². The maximum Gasteiger partial charge on any atom is 0.316 e. The van der Waals surface area contributed by atoms with E-state index in [9.17, 15) is 9.59 Å². The van der Waals surface area contributed by atoms with Gasteiger partial charge in [-0.15, -0.1) is 11.8 Å². The van der Waals surface area contributed by atoms with Crippen LogP contribution in [0.25, 0.3) is 4.96 Å². The minimum absolute atomic E-state index is 0.0517. The van der Waals surface area contributed by atoms with Crippen molar-refractivity contribution in [3.8, 4) is 0 Å². The van der Waals surface area contributed by atoms with Crippen molar-refractivity contribution in [2.24, 2.45) is 0 Å². The number of rotatable bonds is 5. The maximum absolute atomic E-state index is 12.0. The molecule has 0 amide bonds. The number of thioether (sulfide) groups is 1. The van der Waals surface area contributed by atoms with Crippen molar-refractivity contribution in [3.05, 3.63) is 56.4 Å². The van der Waals surface area contributed by atoms with Crippen LogP contribution in [0.4, 0.5) is 0 Å². The number of ether oxygens (including phenoxy) is 1. The van der Waals surface area contributed by atoms with Crippen LogP contribution in [0.15, 0.2) is 34.0 Å². The fourth-order valence-electron chi connectivity index (χ4n) is 2.98. The number of aryl methyl sites for hydroxylation is 3. The number of carbonyl (C=O) groups is 1. The summed E-state index contributed by atoms with van der Waals surface area (Å²) in [4.78, 5) is 29.7. The highest BCUT2D eigenvalue weighted by Gasteiger charge is 2.13. The molecule has 8 heteroatoms. The highest BCUT2D eigenvalue weighted by molar-refractivity contribution is 8.00. The summed E-state index contributed by atoms with van der Waals surface area (Å²) in [6.07, 6.45) is 3.49. The lowest BCUT2D eigenvalue weighted by molar-refractivity contribution is -0.141. The molecule has 0 saturated heterocycles. The van der Waals surface area contributed by atoms with E-state index in [2.05, 4.69) is 28.3 Å². The largest absolute Gasteiger partial charge is 0.458 e. The zero-order chi connectivity index (χ0) is 18.1. The smallest absolute Gasteiger partial charge is 0.316 e. The van der Waals surface area contributed by atoms with Gasteiger partial charge in [-0.1, -0.05) is 17.4 Å². The summed E-state index contributed by atoms with van der Waals surface area (Å²) in [6, 6.07) is 7.82. The Kier molecular flexibility index (Phi) is 4.78. The van der Waals surface area contributed by atoms with Crippen molar-refractivity contribution in [3.63, 3.8) is 0 Å². The van der Waals surface area contributed by atoms with Crippen LogP contribution in [-0.4, -0.2) is 26.3 Å². The minimum Gasteiger partial charge on any atom is -0.458 e. The first-order chi connectivity index (χ1) is 12.6. The van der Waals surface area contributed by atoms with E-state index < -0.39 is 0 Å². The monoisotopic (exact) mass is 387 g/mol. The molecule has 0 bridgehead atoms. The molecule has 0 radical (unpaired) electrons. The molecule has 0 N–H and O–H groups in total. The first-order valence-electron chi connectivity index (χ1n) is 8.35. The third kappa shape index (κ3) is 3.66. The van der Waals surface area contributed by atoms with Gasteiger partial charge in [-0.3, -0.25) is 9.59 Å².